The van der Waals surface area contributed by atoms with Gasteiger partial charge in [-0.2, -0.15) is 0 Å². The molecular formula is C9H20N+. The van der Waals surface area contributed by atoms with E-state index in [0.717, 1.165) is 0 Å². The first-order chi connectivity index (χ1) is 4.81. The highest BCUT2D eigenvalue weighted by Gasteiger charge is 1.90. The van der Waals surface area contributed by atoms with E-state index in [2.05, 4.69) is 31.7 Å². The van der Waals surface area contributed by atoms with Gasteiger partial charge < -0.3 is 0 Å². The lowest BCUT2D eigenvalue weighted by atomic mass is 10.3. The Labute approximate surface area is 64.8 Å². The molecule has 0 saturated heterocycles. The second kappa shape index (κ2) is 6.79. The maximum Gasteiger partial charge on any atom is 0.142 e. The van der Waals surface area contributed by atoms with E-state index < -0.39 is 0 Å². The summed E-state index contributed by atoms with van der Waals surface area (Å²) in [5.74, 6) is 0. The first-order valence-electron chi connectivity index (χ1n) is 4.34. The Kier molecular flexibility index (Phi) is 6.56. The van der Waals surface area contributed by atoms with Gasteiger partial charge in [0.1, 0.15) is 19.8 Å². The zero-order chi connectivity index (χ0) is 7.82. The number of nitrogens with zero attached hydrogens (tertiary/aromatic N) is 1. The van der Waals surface area contributed by atoms with Crippen LogP contribution in [-0.2, 0) is 0 Å². The van der Waals surface area contributed by atoms with Crippen LogP contribution in [0.5, 0.6) is 0 Å². The van der Waals surface area contributed by atoms with Crippen LogP contribution in [0.3, 0.4) is 0 Å². The molecule has 0 heterocycles. The minimum absolute atomic E-state index is 1.20. The first kappa shape index (κ1) is 9.67. The summed E-state index contributed by atoms with van der Waals surface area (Å²) >= 11 is 0. The van der Waals surface area contributed by atoms with Gasteiger partial charge in [-0.1, -0.05) is 20.3 Å². The smallest absolute Gasteiger partial charge is 0.142 e. The van der Waals surface area contributed by atoms with Crippen molar-refractivity contribution in [2.75, 3.05) is 13.6 Å². The molecule has 1 nitrogen and oxygen atoms in total. The van der Waals surface area contributed by atoms with Gasteiger partial charge in [0.15, 0.2) is 0 Å². The predicted octanol–water partition coefficient (Wildman–Crippen LogP) is 2.30. The Morgan fingerprint density at radius 1 is 1.20 bits per heavy atom. The third-order valence-electron chi connectivity index (χ3n) is 1.57. The molecule has 0 rings (SSSR count). The quantitative estimate of drug-likeness (QED) is 0.315. The summed E-state index contributed by atoms with van der Waals surface area (Å²) in [5, 5.41) is 0. The molecule has 0 N–H and O–H groups in total. The van der Waals surface area contributed by atoms with E-state index in [0.29, 0.717) is 0 Å². The zero-order valence-corrected chi connectivity index (χ0v) is 7.56. The summed E-state index contributed by atoms with van der Waals surface area (Å²) in [6.45, 7) is 5.64. The van der Waals surface area contributed by atoms with Crippen molar-refractivity contribution in [2.45, 2.75) is 39.5 Å². The van der Waals surface area contributed by atoms with Gasteiger partial charge in [0.05, 0.1) is 0 Å². The van der Waals surface area contributed by atoms with Gasteiger partial charge in [-0.25, -0.2) is 4.58 Å². The summed E-state index contributed by atoms with van der Waals surface area (Å²) in [4.78, 5) is 0. The fourth-order valence-corrected chi connectivity index (χ4v) is 0.960. The van der Waals surface area contributed by atoms with Gasteiger partial charge in [-0.3, -0.25) is 0 Å². The lowest BCUT2D eigenvalue weighted by Gasteiger charge is -1.92. The van der Waals surface area contributed by atoms with Crippen LogP contribution in [0.4, 0.5) is 0 Å². The molecule has 0 aliphatic rings. The van der Waals surface area contributed by atoms with E-state index >= 15 is 0 Å². The van der Waals surface area contributed by atoms with Crippen molar-refractivity contribution in [3.63, 3.8) is 0 Å². The van der Waals surface area contributed by atoms with E-state index in [9.17, 15) is 0 Å². The standard InChI is InChI=1S/C9H20N/c1-4-6-7-9-10(3)8-5-2/h9H,4-8H2,1-3H3/q+1. The maximum absolute atomic E-state index is 2.30. The highest BCUT2D eigenvalue weighted by Crippen LogP contribution is 1.89. The maximum atomic E-state index is 2.30. The summed E-state index contributed by atoms with van der Waals surface area (Å²) < 4.78 is 2.29. The SMILES string of the molecule is CCCCC=[N+](C)CCC. The minimum Gasteiger partial charge on any atom is -0.242 e. The minimum atomic E-state index is 1.20. The highest BCUT2D eigenvalue weighted by molar-refractivity contribution is 5.50. The van der Waals surface area contributed by atoms with Crippen LogP contribution in [0.15, 0.2) is 0 Å². The van der Waals surface area contributed by atoms with Crippen LogP contribution in [-0.4, -0.2) is 24.4 Å². The molecule has 10 heavy (non-hydrogen) atoms. The number of hydrogen-bond acceptors (Lipinski definition) is 0. The van der Waals surface area contributed by atoms with Gasteiger partial charge in [-0.15, -0.1) is 0 Å². The van der Waals surface area contributed by atoms with Gasteiger partial charge in [0.25, 0.3) is 0 Å². The molecule has 1 heteroatoms. The van der Waals surface area contributed by atoms with E-state index in [4.69, 9.17) is 0 Å². The summed E-state index contributed by atoms with van der Waals surface area (Å²) in [6, 6.07) is 0. The van der Waals surface area contributed by atoms with Crippen LogP contribution in [0.1, 0.15) is 39.5 Å². The molecule has 0 aromatic rings. The van der Waals surface area contributed by atoms with Crippen molar-refractivity contribution in [2.24, 2.45) is 0 Å². The van der Waals surface area contributed by atoms with E-state index in [-0.39, 0.29) is 0 Å². The van der Waals surface area contributed by atoms with Crippen molar-refractivity contribution in [3.8, 4) is 0 Å². The Morgan fingerprint density at radius 2 is 1.90 bits per heavy atom. The fraction of sp³-hybridized carbons (Fsp3) is 0.889. The number of hydrogen-bond donors (Lipinski definition) is 0. The first-order valence-corrected chi connectivity index (χ1v) is 4.34. The Morgan fingerprint density at radius 3 is 2.40 bits per heavy atom. The largest absolute Gasteiger partial charge is 0.242 e. The van der Waals surface area contributed by atoms with Crippen LogP contribution in [0.25, 0.3) is 0 Å². The Hall–Kier alpha value is -0.330. The van der Waals surface area contributed by atoms with Gasteiger partial charge in [-0.05, 0) is 6.42 Å². The van der Waals surface area contributed by atoms with Crippen LogP contribution in [0, 0.1) is 0 Å². The topological polar surface area (TPSA) is 3.01 Å². The van der Waals surface area contributed by atoms with Crippen molar-refractivity contribution in [1.82, 2.24) is 0 Å². The van der Waals surface area contributed by atoms with Crippen molar-refractivity contribution >= 4 is 6.21 Å². The van der Waals surface area contributed by atoms with E-state index in [1.54, 1.807) is 0 Å². The van der Waals surface area contributed by atoms with Crippen LogP contribution < -0.4 is 0 Å². The molecule has 0 saturated carbocycles. The molecule has 0 unspecified atom stereocenters. The molecule has 60 valence electrons. The molecule has 0 aromatic carbocycles. The molecular weight excluding hydrogens is 122 g/mol. The average Bonchev–Trinajstić information content (AvgIpc) is 1.89. The molecule has 0 bridgehead atoms. The van der Waals surface area contributed by atoms with Gasteiger partial charge >= 0.3 is 0 Å². The van der Waals surface area contributed by atoms with Crippen molar-refractivity contribution in [3.05, 3.63) is 0 Å². The second-order valence-electron chi connectivity index (χ2n) is 2.81. The van der Waals surface area contributed by atoms with Crippen LogP contribution in [0.2, 0.25) is 0 Å². The molecule has 0 fully saturated rings. The van der Waals surface area contributed by atoms with Gasteiger partial charge in [0.2, 0.25) is 0 Å². The van der Waals surface area contributed by atoms with Crippen molar-refractivity contribution in [1.29, 1.82) is 0 Å². The lowest BCUT2D eigenvalue weighted by molar-refractivity contribution is -0.493. The number of unbranched alkanes of at least 4 members (excludes halogenated alkanes) is 2. The molecule has 0 radical (unpaired) electrons. The zero-order valence-electron chi connectivity index (χ0n) is 7.56. The average molecular weight is 142 g/mol. The molecule has 0 atom stereocenters. The molecule has 0 aliphatic carbocycles. The monoisotopic (exact) mass is 142 g/mol. The van der Waals surface area contributed by atoms with Gasteiger partial charge in [0, 0.05) is 12.8 Å². The molecule has 0 amide bonds. The Bertz CT molecular complexity index is 94.9. The highest BCUT2D eigenvalue weighted by atomic mass is 14.9. The predicted molar refractivity (Wildman–Crippen MR) is 46.9 cm³/mol. The lowest BCUT2D eigenvalue weighted by Crippen LogP contribution is -2.07. The fourth-order valence-electron chi connectivity index (χ4n) is 0.960. The number of rotatable bonds is 5. The van der Waals surface area contributed by atoms with Crippen molar-refractivity contribution < 1.29 is 4.58 Å². The normalized spacial score (nSPS) is 12.1. The van der Waals surface area contributed by atoms with Crippen LogP contribution >= 0.6 is 0 Å². The summed E-state index contributed by atoms with van der Waals surface area (Å²) in [7, 11) is 2.15. The molecule has 0 aliphatic heterocycles. The van der Waals surface area contributed by atoms with E-state index in [1.807, 2.05) is 0 Å². The third-order valence-corrected chi connectivity index (χ3v) is 1.57. The molecule has 0 spiro atoms. The second-order valence-corrected chi connectivity index (χ2v) is 2.81. The third kappa shape index (κ3) is 5.80. The summed E-state index contributed by atoms with van der Waals surface area (Å²) in [5.41, 5.74) is 0. The Balaban J connectivity index is 3.28. The molecule has 0 aromatic heterocycles. The van der Waals surface area contributed by atoms with E-state index in [1.165, 1.54) is 32.2 Å². The summed E-state index contributed by atoms with van der Waals surface area (Å²) in [6.07, 6.45) is 7.42.